The molecule has 1 aromatic carbocycles. The van der Waals surface area contributed by atoms with Crippen molar-refractivity contribution in [1.82, 2.24) is 15.1 Å². The number of nitrogens with one attached hydrogen (secondary N) is 1. The van der Waals surface area contributed by atoms with E-state index in [-0.39, 0.29) is 30.3 Å². The quantitative estimate of drug-likeness (QED) is 0.701. The lowest BCUT2D eigenvalue weighted by atomic mass is 9.96. The monoisotopic (exact) mass is 430 g/mol. The topological polar surface area (TPSA) is 91.3 Å². The number of para-hydroxylation sites is 2. The molecule has 3 aliphatic rings. The molecule has 4 amide bonds. The Morgan fingerprint density at radius 3 is 2.77 bits per heavy atom. The van der Waals surface area contributed by atoms with Gasteiger partial charge in [-0.05, 0) is 51.7 Å². The molecule has 2 unspecified atom stereocenters. The summed E-state index contributed by atoms with van der Waals surface area (Å²) >= 11 is 1.48. The van der Waals surface area contributed by atoms with Crippen LogP contribution in [0.4, 0.5) is 10.5 Å². The number of hydrogen-bond donors (Lipinski definition) is 1. The van der Waals surface area contributed by atoms with Crippen molar-refractivity contribution in [2.45, 2.75) is 45.2 Å². The summed E-state index contributed by atoms with van der Waals surface area (Å²) in [7, 11) is 0. The maximum atomic E-state index is 13.1. The molecular formula is C21H26N4O4S. The highest BCUT2D eigenvalue weighted by Crippen LogP contribution is 2.42. The molecule has 0 bridgehead atoms. The number of ether oxygens (including phenoxy) is 1. The molecule has 9 heteroatoms. The Balaban J connectivity index is 1.54. The molecule has 1 N–H and O–H groups in total. The molecule has 0 spiro atoms. The molecule has 1 aliphatic carbocycles. The average Bonchev–Trinajstić information content (AvgIpc) is 3.47. The van der Waals surface area contributed by atoms with E-state index in [4.69, 9.17) is 4.74 Å². The molecular weight excluding hydrogens is 404 g/mol. The van der Waals surface area contributed by atoms with Crippen LogP contribution in [0.2, 0.25) is 0 Å². The summed E-state index contributed by atoms with van der Waals surface area (Å²) in [5, 5.41) is 3.34. The lowest BCUT2D eigenvalue weighted by Crippen LogP contribution is -2.48. The van der Waals surface area contributed by atoms with E-state index >= 15 is 0 Å². The van der Waals surface area contributed by atoms with Crippen molar-refractivity contribution in [3.63, 3.8) is 0 Å². The van der Waals surface area contributed by atoms with E-state index in [0.29, 0.717) is 29.0 Å². The van der Waals surface area contributed by atoms with Gasteiger partial charge in [0.1, 0.15) is 23.5 Å². The fraction of sp³-hybridized carbons (Fsp3) is 0.524. The third kappa shape index (κ3) is 3.66. The molecule has 0 aromatic heterocycles. The number of nitrogens with zero attached hydrogens (tertiary/aromatic N) is 3. The summed E-state index contributed by atoms with van der Waals surface area (Å²) in [5.41, 5.74) is -0.249. The predicted octanol–water partition coefficient (Wildman–Crippen LogP) is 2.76. The molecule has 30 heavy (non-hydrogen) atoms. The van der Waals surface area contributed by atoms with Gasteiger partial charge in [-0.1, -0.05) is 23.9 Å². The fourth-order valence-electron chi connectivity index (χ4n) is 3.90. The number of amidine groups is 1. The number of amides is 4. The smallest absolute Gasteiger partial charge is 0.325 e. The molecule has 160 valence electrons. The maximum Gasteiger partial charge on any atom is 0.325 e. The van der Waals surface area contributed by atoms with Gasteiger partial charge in [0, 0.05) is 11.8 Å². The van der Waals surface area contributed by atoms with Gasteiger partial charge in [-0.3, -0.25) is 19.4 Å². The number of imide groups is 1. The lowest BCUT2D eigenvalue weighted by molar-refractivity contribution is -0.137. The van der Waals surface area contributed by atoms with Gasteiger partial charge in [-0.25, -0.2) is 9.79 Å². The van der Waals surface area contributed by atoms with Gasteiger partial charge in [0.2, 0.25) is 5.91 Å². The van der Waals surface area contributed by atoms with Crippen LogP contribution in [-0.4, -0.2) is 63.3 Å². The van der Waals surface area contributed by atoms with Crippen LogP contribution in [0, 0.1) is 5.92 Å². The molecule has 1 aromatic rings. The first kappa shape index (κ1) is 20.7. The number of carbonyl (C=O) groups excluding carboxylic acids is 3. The van der Waals surface area contributed by atoms with Crippen LogP contribution in [0.5, 0.6) is 5.75 Å². The number of thioether (sulfide) groups is 1. The number of carbonyl (C=O) groups is 3. The van der Waals surface area contributed by atoms with Crippen molar-refractivity contribution in [3.8, 4) is 5.75 Å². The normalized spacial score (nSPS) is 27.7. The van der Waals surface area contributed by atoms with E-state index in [1.54, 1.807) is 11.8 Å². The second kappa shape index (κ2) is 7.94. The molecule has 1 saturated carbocycles. The Hall–Kier alpha value is -2.55. The minimum atomic E-state index is -0.893. The Morgan fingerprint density at radius 1 is 1.33 bits per heavy atom. The van der Waals surface area contributed by atoms with Gasteiger partial charge in [0.15, 0.2) is 5.17 Å². The van der Waals surface area contributed by atoms with E-state index in [1.165, 1.54) is 11.8 Å². The molecule has 8 nitrogen and oxygen atoms in total. The third-order valence-electron chi connectivity index (χ3n) is 5.74. The average molecular weight is 431 g/mol. The number of benzene rings is 1. The largest absolute Gasteiger partial charge is 0.492 e. The second-order valence-corrected chi connectivity index (χ2v) is 9.00. The Bertz CT molecular complexity index is 916. The number of rotatable bonds is 6. The van der Waals surface area contributed by atoms with E-state index in [2.05, 4.69) is 10.3 Å². The highest BCUT2D eigenvalue weighted by Gasteiger charge is 2.56. The highest BCUT2D eigenvalue weighted by molar-refractivity contribution is 8.14. The summed E-state index contributed by atoms with van der Waals surface area (Å²) in [6.07, 6.45) is 1.83. The van der Waals surface area contributed by atoms with Crippen molar-refractivity contribution < 1.29 is 19.1 Å². The van der Waals surface area contributed by atoms with Crippen LogP contribution < -0.4 is 10.1 Å². The van der Waals surface area contributed by atoms with Crippen molar-refractivity contribution in [2.75, 3.05) is 18.9 Å². The Morgan fingerprint density at radius 2 is 2.07 bits per heavy atom. The van der Waals surface area contributed by atoms with E-state index in [0.717, 1.165) is 17.7 Å². The van der Waals surface area contributed by atoms with Crippen LogP contribution in [0.25, 0.3) is 0 Å². The summed E-state index contributed by atoms with van der Waals surface area (Å²) in [4.78, 5) is 45.7. The van der Waals surface area contributed by atoms with Gasteiger partial charge in [0.25, 0.3) is 5.91 Å². The standard InChI is InChI=1S/C21H26N4O4S/c1-4-29-16-8-6-5-7-15(16)22-20-25(13(2)12-30-20)17(26)11-24-18(27)21(3,14-9-10-14)23-19(24)28/h5-8,13-14H,4,9-12H2,1-3H3,(H,23,28). The molecule has 2 atom stereocenters. The van der Waals surface area contributed by atoms with Crippen LogP contribution in [-0.2, 0) is 9.59 Å². The van der Waals surface area contributed by atoms with E-state index in [9.17, 15) is 14.4 Å². The van der Waals surface area contributed by atoms with Crippen molar-refractivity contribution in [3.05, 3.63) is 24.3 Å². The molecule has 3 fully saturated rings. The minimum Gasteiger partial charge on any atom is -0.492 e. The number of aliphatic imine (C=N–C) groups is 1. The minimum absolute atomic E-state index is 0.0870. The van der Waals surface area contributed by atoms with Gasteiger partial charge in [0.05, 0.1) is 6.61 Å². The van der Waals surface area contributed by atoms with Crippen molar-refractivity contribution >= 4 is 40.5 Å². The van der Waals surface area contributed by atoms with Crippen molar-refractivity contribution in [1.29, 1.82) is 0 Å². The lowest BCUT2D eigenvalue weighted by Gasteiger charge is -2.24. The van der Waals surface area contributed by atoms with Gasteiger partial charge in [-0.2, -0.15) is 0 Å². The summed E-state index contributed by atoms with van der Waals surface area (Å²) in [5.74, 6) is 0.866. The first-order chi connectivity index (χ1) is 14.3. The highest BCUT2D eigenvalue weighted by atomic mass is 32.2. The first-order valence-electron chi connectivity index (χ1n) is 10.2. The fourth-order valence-corrected chi connectivity index (χ4v) is 5.03. The summed E-state index contributed by atoms with van der Waals surface area (Å²) < 4.78 is 5.63. The van der Waals surface area contributed by atoms with Crippen LogP contribution in [0.3, 0.4) is 0 Å². The predicted molar refractivity (Wildman–Crippen MR) is 115 cm³/mol. The molecule has 2 aliphatic heterocycles. The van der Waals surface area contributed by atoms with Gasteiger partial charge in [-0.15, -0.1) is 0 Å². The number of hydrogen-bond acceptors (Lipinski definition) is 6. The van der Waals surface area contributed by atoms with Crippen LogP contribution >= 0.6 is 11.8 Å². The molecule has 0 radical (unpaired) electrons. The van der Waals surface area contributed by atoms with E-state index < -0.39 is 11.6 Å². The maximum absolute atomic E-state index is 13.1. The zero-order chi connectivity index (χ0) is 21.5. The van der Waals surface area contributed by atoms with E-state index in [1.807, 2.05) is 38.1 Å². The molecule has 4 rings (SSSR count). The second-order valence-electron chi connectivity index (χ2n) is 8.02. The zero-order valence-electron chi connectivity index (χ0n) is 17.4. The number of urea groups is 1. The SMILES string of the molecule is CCOc1ccccc1N=C1SCC(C)N1C(=O)CN1C(=O)NC(C)(C2CC2)C1=O. The van der Waals surface area contributed by atoms with Gasteiger partial charge < -0.3 is 10.1 Å². The molecule has 2 heterocycles. The zero-order valence-corrected chi connectivity index (χ0v) is 18.2. The van der Waals surface area contributed by atoms with Gasteiger partial charge >= 0.3 is 6.03 Å². The summed E-state index contributed by atoms with van der Waals surface area (Å²) in [6.45, 7) is 5.81. The van der Waals surface area contributed by atoms with Crippen molar-refractivity contribution in [2.24, 2.45) is 10.9 Å². The molecule has 2 saturated heterocycles. The first-order valence-corrected chi connectivity index (χ1v) is 11.2. The van der Waals surface area contributed by atoms with Crippen LogP contribution in [0.15, 0.2) is 29.3 Å². The van der Waals surface area contributed by atoms with Crippen LogP contribution in [0.1, 0.15) is 33.6 Å². The Labute approximate surface area is 180 Å². The third-order valence-corrected chi connectivity index (χ3v) is 6.93. The summed E-state index contributed by atoms with van der Waals surface area (Å²) in [6, 6.07) is 6.82. The Kier molecular flexibility index (Phi) is 5.48.